The van der Waals surface area contributed by atoms with Gasteiger partial charge in [-0.25, -0.2) is 4.79 Å². The number of hydrogen-bond acceptors (Lipinski definition) is 5. The van der Waals surface area contributed by atoms with Gasteiger partial charge in [0, 0.05) is 25.3 Å². The highest BCUT2D eigenvalue weighted by atomic mass is 16.5. The van der Waals surface area contributed by atoms with Gasteiger partial charge in [0.05, 0.1) is 12.7 Å². The smallest absolute Gasteiger partial charge is 0.319 e. The number of carbonyl (C=O) groups excluding carboxylic acids is 1. The first-order chi connectivity index (χ1) is 13.5. The second-order valence-electron chi connectivity index (χ2n) is 7.14. The minimum Gasteiger partial charge on any atom is -0.497 e. The number of rotatable bonds is 6. The maximum atomic E-state index is 12.1. The molecule has 0 bridgehead atoms. The Morgan fingerprint density at radius 1 is 1.04 bits per heavy atom. The van der Waals surface area contributed by atoms with Crippen molar-refractivity contribution in [3.05, 3.63) is 48.5 Å². The molecule has 1 fully saturated rings. The second-order valence-corrected chi connectivity index (χ2v) is 7.14. The minimum atomic E-state index is -0.833. The van der Waals surface area contributed by atoms with Crippen molar-refractivity contribution >= 4 is 11.7 Å². The molecule has 0 aliphatic carbocycles. The van der Waals surface area contributed by atoms with E-state index >= 15 is 0 Å². The quantitative estimate of drug-likeness (QED) is 0.712. The fourth-order valence-corrected chi connectivity index (χ4v) is 3.02. The fraction of sp³-hybridized carbons (Fsp3) is 0.381. The Balaban J connectivity index is 1.47. The number of likely N-dealkylation sites (tertiary alicyclic amines) is 1. The number of nitrogens with zero attached hydrogens (tertiary/aromatic N) is 1. The van der Waals surface area contributed by atoms with E-state index in [0.29, 0.717) is 30.0 Å². The molecule has 150 valence electrons. The molecule has 28 heavy (non-hydrogen) atoms. The summed E-state index contributed by atoms with van der Waals surface area (Å²) in [6.07, 6.45) is 1.31. The van der Waals surface area contributed by atoms with Gasteiger partial charge in [-0.15, -0.1) is 0 Å². The Kier molecular flexibility index (Phi) is 6.38. The lowest BCUT2D eigenvalue weighted by Crippen LogP contribution is -2.50. The molecule has 1 saturated heterocycles. The Labute approximate surface area is 165 Å². The van der Waals surface area contributed by atoms with Crippen LogP contribution in [0.25, 0.3) is 0 Å². The predicted molar refractivity (Wildman–Crippen MR) is 108 cm³/mol. The van der Waals surface area contributed by atoms with Crippen LogP contribution >= 0.6 is 0 Å². The van der Waals surface area contributed by atoms with E-state index in [1.165, 1.54) is 0 Å². The van der Waals surface area contributed by atoms with E-state index in [4.69, 9.17) is 9.47 Å². The molecule has 2 amide bonds. The van der Waals surface area contributed by atoms with Crippen LogP contribution in [-0.4, -0.2) is 55.4 Å². The average molecular weight is 385 g/mol. The van der Waals surface area contributed by atoms with E-state index in [1.807, 2.05) is 31.3 Å². The molecule has 2 aromatic carbocycles. The lowest BCUT2D eigenvalue weighted by atomic mass is 9.92. The third-order valence-corrected chi connectivity index (χ3v) is 4.90. The molecule has 3 N–H and O–H groups in total. The number of methoxy groups -OCH3 is 1. The zero-order valence-corrected chi connectivity index (χ0v) is 16.3. The van der Waals surface area contributed by atoms with Crippen LogP contribution in [0.2, 0.25) is 0 Å². The first-order valence-corrected chi connectivity index (χ1v) is 9.33. The van der Waals surface area contributed by atoms with Crippen LogP contribution < -0.4 is 20.1 Å². The van der Waals surface area contributed by atoms with E-state index in [9.17, 15) is 9.90 Å². The van der Waals surface area contributed by atoms with Gasteiger partial charge in [0.25, 0.3) is 0 Å². The first-order valence-electron chi connectivity index (χ1n) is 9.33. The first kappa shape index (κ1) is 20.0. The maximum absolute atomic E-state index is 12.1. The molecular weight excluding hydrogens is 358 g/mol. The zero-order chi connectivity index (χ0) is 20.0. The van der Waals surface area contributed by atoms with Crippen LogP contribution in [0.1, 0.15) is 12.8 Å². The monoisotopic (exact) mass is 385 g/mol. The number of nitrogens with one attached hydrogen (secondary N) is 2. The summed E-state index contributed by atoms with van der Waals surface area (Å²) in [6, 6.07) is 14.1. The predicted octanol–water partition coefficient (Wildman–Crippen LogP) is 3.07. The minimum absolute atomic E-state index is 0.241. The molecule has 0 atom stereocenters. The summed E-state index contributed by atoms with van der Waals surface area (Å²) in [5, 5.41) is 16.0. The van der Waals surface area contributed by atoms with Crippen molar-refractivity contribution in [1.82, 2.24) is 10.2 Å². The van der Waals surface area contributed by atoms with Crippen molar-refractivity contribution in [2.45, 2.75) is 18.4 Å². The molecule has 0 spiro atoms. The molecule has 0 saturated carbocycles. The van der Waals surface area contributed by atoms with Gasteiger partial charge in [0.2, 0.25) is 0 Å². The highest BCUT2D eigenvalue weighted by molar-refractivity contribution is 5.89. The van der Waals surface area contributed by atoms with Gasteiger partial charge in [-0.3, -0.25) is 0 Å². The number of benzene rings is 2. The molecule has 2 aromatic rings. The summed E-state index contributed by atoms with van der Waals surface area (Å²) in [6.45, 7) is 1.90. The molecule has 1 aliphatic rings. The van der Waals surface area contributed by atoms with Gasteiger partial charge >= 0.3 is 6.03 Å². The number of carbonyl (C=O) groups is 1. The summed E-state index contributed by atoms with van der Waals surface area (Å²) in [7, 11) is 3.65. The maximum Gasteiger partial charge on any atom is 0.319 e. The van der Waals surface area contributed by atoms with Crippen molar-refractivity contribution < 1.29 is 19.4 Å². The summed E-state index contributed by atoms with van der Waals surface area (Å²) < 4.78 is 10.9. The lowest BCUT2D eigenvalue weighted by Gasteiger charge is -2.36. The third-order valence-electron chi connectivity index (χ3n) is 4.90. The van der Waals surface area contributed by atoms with Gasteiger partial charge in [-0.2, -0.15) is 0 Å². The van der Waals surface area contributed by atoms with E-state index in [1.54, 1.807) is 31.4 Å². The number of piperidine rings is 1. The van der Waals surface area contributed by atoms with Crippen LogP contribution in [0.5, 0.6) is 17.2 Å². The van der Waals surface area contributed by atoms with Crippen LogP contribution in [0.3, 0.4) is 0 Å². The molecule has 7 heteroatoms. The van der Waals surface area contributed by atoms with E-state index < -0.39 is 5.60 Å². The number of anilines is 1. The molecule has 3 rings (SSSR count). The van der Waals surface area contributed by atoms with Gasteiger partial charge in [0.15, 0.2) is 0 Å². The molecule has 0 aromatic heterocycles. The normalized spacial score (nSPS) is 16.2. The van der Waals surface area contributed by atoms with Crippen LogP contribution in [0.15, 0.2) is 48.5 Å². The Morgan fingerprint density at radius 2 is 1.57 bits per heavy atom. The summed E-state index contributed by atoms with van der Waals surface area (Å²) in [5.74, 6) is 2.13. The van der Waals surface area contributed by atoms with E-state index in [-0.39, 0.29) is 12.6 Å². The van der Waals surface area contributed by atoms with Crippen LogP contribution in [-0.2, 0) is 0 Å². The SMILES string of the molecule is COc1ccc(Oc2ccc(NC(=O)NCC3(O)CCN(C)CC3)cc2)cc1. The van der Waals surface area contributed by atoms with Crippen LogP contribution in [0.4, 0.5) is 10.5 Å². The van der Waals surface area contributed by atoms with Crippen LogP contribution in [0, 0.1) is 0 Å². The number of aliphatic hydroxyl groups is 1. The summed E-state index contributed by atoms with van der Waals surface area (Å²) in [4.78, 5) is 14.3. The molecule has 0 radical (unpaired) electrons. The third kappa shape index (κ3) is 5.61. The van der Waals surface area contributed by atoms with Gasteiger partial charge < -0.3 is 30.1 Å². The lowest BCUT2D eigenvalue weighted by molar-refractivity contribution is -0.0120. The Bertz CT molecular complexity index is 769. The standard InChI is InChI=1S/C21H27N3O4/c1-24-13-11-21(26,12-14-24)15-22-20(25)23-16-3-5-18(6-4-16)28-19-9-7-17(27-2)8-10-19/h3-10,26H,11-15H2,1-2H3,(H2,22,23,25). The number of ether oxygens (including phenoxy) is 2. The van der Waals surface area contributed by atoms with E-state index in [2.05, 4.69) is 15.5 Å². The highest BCUT2D eigenvalue weighted by Crippen LogP contribution is 2.25. The molecule has 0 unspecified atom stereocenters. The van der Waals surface area contributed by atoms with Crippen molar-refractivity contribution in [1.29, 1.82) is 0 Å². The highest BCUT2D eigenvalue weighted by Gasteiger charge is 2.31. The van der Waals surface area contributed by atoms with Gasteiger partial charge in [-0.05, 0) is 68.4 Å². The average Bonchev–Trinajstić information content (AvgIpc) is 2.71. The van der Waals surface area contributed by atoms with Gasteiger partial charge in [0.1, 0.15) is 17.2 Å². The van der Waals surface area contributed by atoms with Crippen molar-refractivity contribution in [2.75, 3.05) is 39.1 Å². The topological polar surface area (TPSA) is 83.1 Å². The Hall–Kier alpha value is -2.77. The van der Waals surface area contributed by atoms with Crippen molar-refractivity contribution in [3.63, 3.8) is 0 Å². The number of amides is 2. The molecule has 7 nitrogen and oxygen atoms in total. The number of urea groups is 1. The van der Waals surface area contributed by atoms with Crippen molar-refractivity contribution in [3.8, 4) is 17.2 Å². The van der Waals surface area contributed by atoms with Crippen molar-refractivity contribution in [2.24, 2.45) is 0 Å². The molecule has 1 heterocycles. The molecular formula is C21H27N3O4. The summed E-state index contributed by atoms with van der Waals surface area (Å²) in [5.41, 5.74) is -0.185. The second kappa shape index (κ2) is 8.95. The largest absolute Gasteiger partial charge is 0.497 e. The Morgan fingerprint density at radius 3 is 2.14 bits per heavy atom. The zero-order valence-electron chi connectivity index (χ0n) is 16.3. The molecule has 1 aliphatic heterocycles. The summed E-state index contributed by atoms with van der Waals surface area (Å²) >= 11 is 0. The fourth-order valence-electron chi connectivity index (χ4n) is 3.02. The van der Waals surface area contributed by atoms with E-state index in [0.717, 1.165) is 18.8 Å². The van der Waals surface area contributed by atoms with Gasteiger partial charge in [-0.1, -0.05) is 0 Å². The number of hydrogen-bond donors (Lipinski definition) is 3.